The zero-order chi connectivity index (χ0) is 22.6. The smallest absolute Gasteiger partial charge is 0.374 e. The maximum Gasteiger partial charge on any atom is 0.374 e. The summed E-state index contributed by atoms with van der Waals surface area (Å²) in [5, 5.41) is 9.23. The van der Waals surface area contributed by atoms with Gasteiger partial charge in [-0.2, -0.15) is 0 Å². The molecular weight excluding hydrogens is 399 g/mol. The van der Waals surface area contributed by atoms with Crippen LogP contribution in [0.2, 0.25) is 0 Å². The molecule has 0 radical (unpaired) electrons. The van der Waals surface area contributed by atoms with Gasteiger partial charge in [0.15, 0.2) is 5.83 Å². The van der Waals surface area contributed by atoms with Crippen molar-refractivity contribution >= 4 is 11.8 Å². The summed E-state index contributed by atoms with van der Waals surface area (Å²) >= 11 is 0. The van der Waals surface area contributed by atoms with E-state index in [1.807, 2.05) is 24.3 Å². The molecule has 0 fully saturated rings. The molecule has 0 heterocycles. The molecule has 2 rings (SSSR count). The molecule has 0 unspecified atom stereocenters. The fourth-order valence-electron chi connectivity index (χ4n) is 3.13. The minimum Gasteiger partial charge on any atom is -0.497 e. The Morgan fingerprint density at radius 1 is 1.03 bits per heavy atom. The van der Waals surface area contributed by atoms with Gasteiger partial charge in [0.05, 0.1) is 20.3 Å². The van der Waals surface area contributed by atoms with Crippen molar-refractivity contribution in [1.82, 2.24) is 0 Å². The molecule has 168 valence electrons. The number of ether oxygens (including phenoxy) is 3. The second-order valence-corrected chi connectivity index (χ2v) is 7.11. The lowest BCUT2D eigenvalue weighted by atomic mass is 10.0. The number of aryl methyl sites for hydroxylation is 2. The molecule has 0 aromatic heterocycles. The first kappa shape index (κ1) is 24.3. The van der Waals surface area contributed by atoms with Gasteiger partial charge in [-0.05, 0) is 61.9 Å². The minimum absolute atomic E-state index is 0.0678. The number of carboxylic acid groups (broad SMARTS) is 1. The highest BCUT2D eigenvalue weighted by molar-refractivity contribution is 5.92. The van der Waals surface area contributed by atoms with Crippen LogP contribution in [0.3, 0.4) is 0 Å². The number of carbonyl (C=O) groups is 1. The molecule has 2 aromatic rings. The molecule has 0 spiro atoms. The Labute approximate surface area is 183 Å². The Bertz CT molecular complexity index is 874. The van der Waals surface area contributed by atoms with E-state index < -0.39 is 17.6 Å². The maximum atomic E-state index is 14.8. The number of carboxylic acids is 1. The van der Waals surface area contributed by atoms with Crippen LogP contribution in [-0.2, 0) is 22.4 Å². The third-order valence-corrected chi connectivity index (χ3v) is 4.83. The lowest BCUT2D eigenvalue weighted by molar-refractivity contribution is -0.136. The van der Waals surface area contributed by atoms with E-state index in [2.05, 4.69) is 6.92 Å². The Morgan fingerprint density at radius 2 is 1.77 bits per heavy atom. The van der Waals surface area contributed by atoms with Crippen LogP contribution in [0, 0.1) is 0 Å². The molecule has 0 bridgehead atoms. The van der Waals surface area contributed by atoms with Crippen LogP contribution in [0.15, 0.2) is 48.2 Å². The summed E-state index contributed by atoms with van der Waals surface area (Å²) in [5.41, 5.74) is 2.31. The number of methoxy groups -OCH3 is 1. The first-order valence-corrected chi connectivity index (χ1v) is 10.6. The number of unbranched alkanes of at least 4 members (excludes halogenated alkanes) is 1. The van der Waals surface area contributed by atoms with Crippen molar-refractivity contribution in [3.8, 4) is 11.5 Å². The van der Waals surface area contributed by atoms with Gasteiger partial charge in [-0.3, -0.25) is 0 Å². The van der Waals surface area contributed by atoms with Crippen molar-refractivity contribution in [1.29, 1.82) is 0 Å². The predicted molar refractivity (Wildman–Crippen MR) is 119 cm³/mol. The average Bonchev–Trinajstić information content (AvgIpc) is 2.78. The number of aliphatic carboxylic acids is 1. The number of hydrogen-bond acceptors (Lipinski definition) is 4. The van der Waals surface area contributed by atoms with E-state index in [0.29, 0.717) is 12.4 Å². The fourth-order valence-corrected chi connectivity index (χ4v) is 3.13. The summed E-state index contributed by atoms with van der Waals surface area (Å²) < 4.78 is 30.8. The molecule has 1 N–H and O–H groups in total. The largest absolute Gasteiger partial charge is 0.497 e. The second-order valence-electron chi connectivity index (χ2n) is 7.11. The minimum atomic E-state index is -1.43. The molecule has 0 aliphatic heterocycles. The van der Waals surface area contributed by atoms with Crippen LogP contribution in [0.1, 0.15) is 49.8 Å². The molecule has 5 nitrogen and oxygen atoms in total. The standard InChI is InChI=1S/C25H31FO5/c1-4-6-16-31-22-17-20(23(26)24(25(27)28)30-5-2)13-12-19(22)9-7-8-18-10-14-21(29-3)15-11-18/h10-15,17H,4-9,16H2,1-3H3,(H,27,28). The Balaban J connectivity index is 2.18. The van der Waals surface area contributed by atoms with E-state index in [1.54, 1.807) is 32.2 Å². The number of halogens is 1. The number of benzene rings is 2. The van der Waals surface area contributed by atoms with E-state index in [4.69, 9.17) is 14.2 Å². The highest BCUT2D eigenvalue weighted by Gasteiger charge is 2.19. The zero-order valence-corrected chi connectivity index (χ0v) is 18.4. The first-order chi connectivity index (χ1) is 15.0. The molecule has 0 saturated carbocycles. The van der Waals surface area contributed by atoms with Crippen molar-refractivity contribution < 1.29 is 28.5 Å². The van der Waals surface area contributed by atoms with E-state index in [-0.39, 0.29) is 12.2 Å². The SMILES string of the molecule is CCCCOc1cc(C(F)=C(OCC)C(=O)O)ccc1CCCc1ccc(OC)cc1. The lowest BCUT2D eigenvalue weighted by Crippen LogP contribution is -2.07. The number of hydrogen-bond donors (Lipinski definition) is 1. The normalized spacial score (nSPS) is 11.6. The topological polar surface area (TPSA) is 65.0 Å². The fraction of sp³-hybridized carbons (Fsp3) is 0.400. The molecule has 31 heavy (non-hydrogen) atoms. The molecule has 6 heteroatoms. The Hall–Kier alpha value is -3.02. The quantitative estimate of drug-likeness (QED) is 0.247. The van der Waals surface area contributed by atoms with E-state index in [0.717, 1.165) is 43.4 Å². The van der Waals surface area contributed by atoms with Gasteiger partial charge in [0.2, 0.25) is 5.76 Å². The van der Waals surface area contributed by atoms with Crippen molar-refractivity contribution in [3.05, 3.63) is 64.9 Å². The van der Waals surface area contributed by atoms with E-state index in [1.165, 1.54) is 5.56 Å². The summed E-state index contributed by atoms with van der Waals surface area (Å²) in [7, 11) is 1.64. The van der Waals surface area contributed by atoms with Gasteiger partial charge in [-0.1, -0.05) is 37.6 Å². The van der Waals surface area contributed by atoms with Crippen LogP contribution in [0.4, 0.5) is 4.39 Å². The Morgan fingerprint density at radius 3 is 2.39 bits per heavy atom. The second kappa shape index (κ2) is 12.6. The predicted octanol–water partition coefficient (Wildman–Crippen LogP) is 5.81. The molecule has 0 atom stereocenters. The summed E-state index contributed by atoms with van der Waals surface area (Å²) in [6.45, 7) is 4.27. The lowest BCUT2D eigenvalue weighted by Gasteiger charge is -2.14. The van der Waals surface area contributed by atoms with Gasteiger partial charge in [-0.15, -0.1) is 0 Å². The highest BCUT2D eigenvalue weighted by Crippen LogP contribution is 2.29. The van der Waals surface area contributed by atoms with Gasteiger partial charge in [0.1, 0.15) is 11.5 Å². The summed E-state index contributed by atoms with van der Waals surface area (Å²) in [6.07, 6.45) is 4.41. The van der Waals surface area contributed by atoms with Crippen molar-refractivity contribution in [2.24, 2.45) is 0 Å². The average molecular weight is 431 g/mol. The van der Waals surface area contributed by atoms with Crippen molar-refractivity contribution in [2.75, 3.05) is 20.3 Å². The molecule has 2 aromatic carbocycles. The monoisotopic (exact) mass is 430 g/mol. The molecule has 0 amide bonds. The van der Waals surface area contributed by atoms with Crippen LogP contribution >= 0.6 is 0 Å². The van der Waals surface area contributed by atoms with Gasteiger partial charge in [-0.25, -0.2) is 9.18 Å². The Kier molecular flexibility index (Phi) is 9.88. The van der Waals surface area contributed by atoms with Gasteiger partial charge >= 0.3 is 5.97 Å². The van der Waals surface area contributed by atoms with Crippen LogP contribution in [-0.4, -0.2) is 31.4 Å². The van der Waals surface area contributed by atoms with E-state index in [9.17, 15) is 14.3 Å². The summed E-state index contributed by atoms with van der Waals surface area (Å²) in [6, 6.07) is 12.9. The maximum absolute atomic E-state index is 14.8. The van der Waals surface area contributed by atoms with E-state index >= 15 is 0 Å². The zero-order valence-electron chi connectivity index (χ0n) is 18.4. The van der Waals surface area contributed by atoms with Gasteiger partial charge in [0, 0.05) is 5.56 Å². The molecule has 0 aliphatic carbocycles. The highest BCUT2D eigenvalue weighted by atomic mass is 19.1. The van der Waals surface area contributed by atoms with Crippen molar-refractivity contribution in [3.63, 3.8) is 0 Å². The molecule has 0 aliphatic rings. The van der Waals surface area contributed by atoms with Crippen LogP contribution < -0.4 is 9.47 Å². The summed E-state index contributed by atoms with van der Waals surface area (Å²) in [5.74, 6) is -1.61. The van der Waals surface area contributed by atoms with Crippen LogP contribution in [0.25, 0.3) is 5.83 Å². The van der Waals surface area contributed by atoms with Crippen molar-refractivity contribution in [2.45, 2.75) is 46.0 Å². The van der Waals surface area contributed by atoms with Gasteiger partial charge < -0.3 is 19.3 Å². The molecule has 0 saturated heterocycles. The molecular formula is C25H31FO5. The first-order valence-electron chi connectivity index (χ1n) is 10.6. The summed E-state index contributed by atoms with van der Waals surface area (Å²) in [4.78, 5) is 11.3. The number of rotatable bonds is 13. The van der Waals surface area contributed by atoms with Crippen LogP contribution in [0.5, 0.6) is 11.5 Å². The third-order valence-electron chi connectivity index (χ3n) is 4.83. The third kappa shape index (κ3) is 7.31. The van der Waals surface area contributed by atoms with Gasteiger partial charge in [0.25, 0.3) is 0 Å².